The summed E-state index contributed by atoms with van der Waals surface area (Å²) in [6, 6.07) is 8.13. The Kier molecular flexibility index (Phi) is 1.89. The van der Waals surface area contributed by atoms with E-state index in [1.807, 2.05) is 19.1 Å². The average molecular weight is 173 g/mol. The van der Waals surface area contributed by atoms with Gasteiger partial charge < -0.3 is 4.42 Å². The van der Waals surface area contributed by atoms with Gasteiger partial charge in [0.2, 0.25) is 5.89 Å². The summed E-state index contributed by atoms with van der Waals surface area (Å²) in [5.74, 6) is 1.54. The molecule has 0 radical (unpaired) electrons. The van der Waals surface area contributed by atoms with Crippen molar-refractivity contribution in [1.29, 1.82) is 0 Å². The van der Waals surface area contributed by atoms with Crippen LogP contribution in [0.5, 0.6) is 0 Å². The molecule has 2 nitrogen and oxygen atoms in total. The minimum absolute atomic E-state index is 0.692. The van der Waals surface area contributed by atoms with Crippen LogP contribution in [0, 0.1) is 13.8 Å². The van der Waals surface area contributed by atoms with Crippen molar-refractivity contribution < 1.29 is 4.42 Å². The van der Waals surface area contributed by atoms with Crippen molar-refractivity contribution in [1.82, 2.24) is 4.98 Å². The lowest BCUT2D eigenvalue weighted by Crippen LogP contribution is -1.76. The third-order valence-electron chi connectivity index (χ3n) is 1.92. The smallest absolute Gasteiger partial charge is 0.226 e. The maximum Gasteiger partial charge on any atom is 0.226 e. The van der Waals surface area contributed by atoms with Crippen molar-refractivity contribution in [3.05, 3.63) is 41.8 Å². The highest BCUT2D eigenvalue weighted by Crippen LogP contribution is 2.18. The van der Waals surface area contributed by atoms with Crippen LogP contribution < -0.4 is 0 Å². The first kappa shape index (κ1) is 8.05. The predicted octanol–water partition coefficient (Wildman–Crippen LogP) is 2.96. The van der Waals surface area contributed by atoms with E-state index in [1.54, 1.807) is 6.20 Å². The van der Waals surface area contributed by atoms with Crippen LogP contribution in [-0.2, 0) is 0 Å². The van der Waals surface area contributed by atoms with Gasteiger partial charge in [-0.05, 0) is 26.0 Å². The van der Waals surface area contributed by atoms with Crippen molar-refractivity contribution >= 4 is 0 Å². The normalized spacial score (nSPS) is 10.3. The van der Waals surface area contributed by atoms with Crippen molar-refractivity contribution in [3.63, 3.8) is 0 Å². The van der Waals surface area contributed by atoms with Crippen molar-refractivity contribution in [2.45, 2.75) is 13.8 Å². The summed E-state index contributed by atoms with van der Waals surface area (Å²) in [5, 5.41) is 0. The molecular formula is C11H11NO. The van der Waals surface area contributed by atoms with E-state index in [1.165, 1.54) is 5.56 Å². The quantitative estimate of drug-likeness (QED) is 0.662. The van der Waals surface area contributed by atoms with E-state index in [4.69, 9.17) is 4.42 Å². The summed E-state index contributed by atoms with van der Waals surface area (Å²) in [4.78, 5) is 4.15. The van der Waals surface area contributed by atoms with Gasteiger partial charge in [0.1, 0.15) is 5.76 Å². The number of nitrogens with zero attached hydrogens (tertiary/aromatic N) is 1. The Morgan fingerprint density at radius 2 is 1.77 bits per heavy atom. The molecule has 0 saturated carbocycles. The van der Waals surface area contributed by atoms with Gasteiger partial charge in [0.15, 0.2) is 0 Å². The SMILES string of the molecule is Cc1ccc(-c2ncc(C)o2)cc1. The van der Waals surface area contributed by atoms with E-state index in [-0.39, 0.29) is 0 Å². The Hall–Kier alpha value is -1.57. The first-order valence-electron chi connectivity index (χ1n) is 4.25. The highest BCUT2D eigenvalue weighted by atomic mass is 16.4. The Morgan fingerprint density at radius 3 is 2.31 bits per heavy atom. The van der Waals surface area contributed by atoms with Crippen LogP contribution in [-0.4, -0.2) is 4.98 Å². The minimum atomic E-state index is 0.692. The Labute approximate surface area is 77.2 Å². The van der Waals surface area contributed by atoms with Gasteiger partial charge in [-0.1, -0.05) is 17.7 Å². The summed E-state index contributed by atoms with van der Waals surface area (Å²) < 4.78 is 5.40. The molecular weight excluding hydrogens is 162 g/mol. The second-order valence-electron chi connectivity index (χ2n) is 3.14. The highest BCUT2D eigenvalue weighted by molar-refractivity contribution is 5.53. The van der Waals surface area contributed by atoms with Crippen LogP contribution in [0.1, 0.15) is 11.3 Å². The number of hydrogen-bond acceptors (Lipinski definition) is 2. The molecule has 1 heterocycles. The van der Waals surface area contributed by atoms with Gasteiger partial charge in [-0.15, -0.1) is 0 Å². The molecule has 66 valence electrons. The average Bonchev–Trinajstić information content (AvgIpc) is 2.53. The van der Waals surface area contributed by atoms with Crippen molar-refractivity contribution in [2.75, 3.05) is 0 Å². The van der Waals surface area contributed by atoms with Gasteiger partial charge in [0.05, 0.1) is 6.20 Å². The Morgan fingerprint density at radius 1 is 1.08 bits per heavy atom. The summed E-state index contributed by atoms with van der Waals surface area (Å²) in [5.41, 5.74) is 2.27. The lowest BCUT2D eigenvalue weighted by atomic mass is 10.1. The Bertz CT molecular complexity index is 400. The molecule has 1 aromatic carbocycles. The van der Waals surface area contributed by atoms with Crippen LogP contribution in [0.15, 0.2) is 34.9 Å². The van der Waals surface area contributed by atoms with Gasteiger partial charge in [-0.3, -0.25) is 0 Å². The molecule has 0 aliphatic rings. The molecule has 0 N–H and O–H groups in total. The zero-order valence-corrected chi connectivity index (χ0v) is 7.74. The molecule has 0 unspecified atom stereocenters. The predicted molar refractivity (Wildman–Crippen MR) is 51.4 cm³/mol. The summed E-state index contributed by atoms with van der Waals surface area (Å²) >= 11 is 0. The second kappa shape index (κ2) is 3.05. The standard InChI is InChI=1S/C11H11NO/c1-8-3-5-10(6-4-8)11-12-7-9(2)13-11/h3-7H,1-2H3. The Balaban J connectivity index is 2.41. The van der Waals surface area contributed by atoms with E-state index in [0.717, 1.165) is 11.3 Å². The van der Waals surface area contributed by atoms with Gasteiger partial charge in [0.25, 0.3) is 0 Å². The summed E-state index contributed by atoms with van der Waals surface area (Å²) in [7, 11) is 0. The van der Waals surface area contributed by atoms with Gasteiger partial charge in [-0.25, -0.2) is 4.98 Å². The monoisotopic (exact) mass is 173 g/mol. The van der Waals surface area contributed by atoms with E-state index in [0.29, 0.717) is 5.89 Å². The molecule has 2 rings (SSSR count). The molecule has 2 aromatic rings. The van der Waals surface area contributed by atoms with Gasteiger partial charge >= 0.3 is 0 Å². The molecule has 0 atom stereocenters. The number of hydrogen-bond donors (Lipinski definition) is 0. The molecule has 0 spiro atoms. The molecule has 0 saturated heterocycles. The lowest BCUT2D eigenvalue weighted by molar-refractivity contribution is 0.542. The molecule has 1 aromatic heterocycles. The lowest BCUT2D eigenvalue weighted by Gasteiger charge is -1.95. The van der Waals surface area contributed by atoms with Crippen molar-refractivity contribution in [2.24, 2.45) is 0 Å². The highest BCUT2D eigenvalue weighted by Gasteiger charge is 2.02. The molecule has 2 heteroatoms. The molecule has 13 heavy (non-hydrogen) atoms. The third-order valence-corrected chi connectivity index (χ3v) is 1.92. The van der Waals surface area contributed by atoms with Gasteiger partial charge in [-0.2, -0.15) is 0 Å². The van der Waals surface area contributed by atoms with Crippen molar-refractivity contribution in [3.8, 4) is 11.5 Å². The largest absolute Gasteiger partial charge is 0.441 e. The zero-order valence-electron chi connectivity index (χ0n) is 7.74. The molecule has 0 amide bonds. The molecule has 0 aliphatic carbocycles. The van der Waals surface area contributed by atoms with E-state index in [9.17, 15) is 0 Å². The van der Waals surface area contributed by atoms with Crippen LogP contribution in [0.2, 0.25) is 0 Å². The van der Waals surface area contributed by atoms with Crippen LogP contribution in [0.4, 0.5) is 0 Å². The number of oxazole rings is 1. The number of rotatable bonds is 1. The first-order valence-corrected chi connectivity index (χ1v) is 4.25. The van der Waals surface area contributed by atoms with E-state index >= 15 is 0 Å². The molecule has 0 aliphatic heterocycles. The van der Waals surface area contributed by atoms with Crippen LogP contribution in [0.3, 0.4) is 0 Å². The number of aryl methyl sites for hydroxylation is 2. The van der Waals surface area contributed by atoms with Crippen LogP contribution in [0.25, 0.3) is 11.5 Å². The maximum absolute atomic E-state index is 5.40. The molecule has 0 bridgehead atoms. The third kappa shape index (κ3) is 1.61. The maximum atomic E-state index is 5.40. The zero-order chi connectivity index (χ0) is 9.26. The number of benzene rings is 1. The van der Waals surface area contributed by atoms with Crippen LogP contribution >= 0.6 is 0 Å². The molecule has 0 fully saturated rings. The second-order valence-corrected chi connectivity index (χ2v) is 3.14. The summed E-state index contributed by atoms with van der Waals surface area (Å²) in [6.07, 6.45) is 1.73. The first-order chi connectivity index (χ1) is 6.25. The fourth-order valence-corrected chi connectivity index (χ4v) is 1.18. The number of aromatic nitrogens is 1. The summed E-state index contributed by atoms with van der Waals surface area (Å²) in [6.45, 7) is 3.95. The van der Waals surface area contributed by atoms with E-state index in [2.05, 4.69) is 24.0 Å². The topological polar surface area (TPSA) is 26.0 Å². The fraction of sp³-hybridized carbons (Fsp3) is 0.182. The minimum Gasteiger partial charge on any atom is -0.441 e. The van der Waals surface area contributed by atoms with E-state index < -0.39 is 0 Å². The van der Waals surface area contributed by atoms with Gasteiger partial charge in [0, 0.05) is 5.56 Å². The fourth-order valence-electron chi connectivity index (χ4n) is 1.18.